The fourth-order valence-corrected chi connectivity index (χ4v) is 8.26. The zero-order valence-electron chi connectivity index (χ0n) is 25.2. The molecule has 3 nitrogen and oxygen atoms in total. The molecule has 0 fully saturated rings. The van der Waals surface area contributed by atoms with Crippen molar-refractivity contribution in [1.29, 1.82) is 0 Å². The Balaban J connectivity index is 1.20. The number of rotatable bonds is 5. The SMILES string of the molecule is c1ccc(-c2ccc(N(c3ccc4c5c(cccc35)-c3nc(-c5ccccc5)sc3-4)c3cccc4oc5ccccc5c34)cc2)cc1. The highest BCUT2D eigenvalue weighted by Crippen LogP contribution is 2.54. The highest BCUT2D eigenvalue weighted by molar-refractivity contribution is 7.19. The van der Waals surface area contributed by atoms with Crippen molar-refractivity contribution in [3.63, 3.8) is 0 Å². The average molecular weight is 619 g/mol. The van der Waals surface area contributed by atoms with Crippen LogP contribution in [-0.2, 0) is 0 Å². The predicted molar refractivity (Wildman–Crippen MR) is 197 cm³/mol. The van der Waals surface area contributed by atoms with Crippen LogP contribution in [0.4, 0.5) is 17.1 Å². The molecule has 0 bridgehead atoms. The van der Waals surface area contributed by atoms with E-state index in [2.05, 4.69) is 150 Å². The van der Waals surface area contributed by atoms with E-state index in [1.165, 1.54) is 37.9 Å². The van der Waals surface area contributed by atoms with E-state index in [4.69, 9.17) is 9.40 Å². The molecule has 0 N–H and O–H groups in total. The lowest BCUT2D eigenvalue weighted by Crippen LogP contribution is -2.11. The maximum atomic E-state index is 6.37. The molecule has 7 aromatic carbocycles. The van der Waals surface area contributed by atoms with Gasteiger partial charge in [0.2, 0.25) is 0 Å². The third kappa shape index (κ3) is 4.02. The van der Waals surface area contributed by atoms with Gasteiger partial charge in [0.25, 0.3) is 0 Å². The van der Waals surface area contributed by atoms with Crippen LogP contribution >= 0.6 is 11.3 Å². The number of aromatic nitrogens is 1. The van der Waals surface area contributed by atoms with Gasteiger partial charge in [0.1, 0.15) is 16.2 Å². The lowest BCUT2D eigenvalue weighted by atomic mass is 10.00. The van der Waals surface area contributed by atoms with Crippen molar-refractivity contribution in [2.45, 2.75) is 0 Å². The van der Waals surface area contributed by atoms with Crippen molar-refractivity contribution in [3.8, 4) is 43.4 Å². The Bertz CT molecular complexity index is 2590. The van der Waals surface area contributed by atoms with Gasteiger partial charge in [0, 0.05) is 38.5 Å². The zero-order valence-corrected chi connectivity index (χ0v) is 26.0. The summed E-state index contributed by atoms with van der Waals surface area (Å²) in [4.78, 5) is 8.83. The third-order valence-corrected chi connectivity index (χ3v) is 10.4. The molecular weight excluding hydrogens is 593 g/mol. The molecule has 47 heavy (non-hydrogen) atoms. The number of hydrogen-bond donors (Lipinski definition) is 0. The van der Waals surface area contributed by atoms with Gasteiger partial charge in [-0.1, -0.05) is 121 Å². The van der Waals surface area contributed by atoms with Crippen LogP contribution in [0, 0.1) is 0 Å². The van der Waals surface area contributed by atoms with E-state index in [9.17, 15) is 0 Å². The molecule has 220 valence electrons. The maximum Gasteiger partial charge on any atom is 0.137 e. The number of nitrogens with zero attached hydrogens (tertiary/aromatic N) is 2. The van der Waals surface area contributed by atoms with Crippen LogP contribution in [0.15, 0.2) is 162 Å². The molecule has 4 heteroatoms. The summed E-state index contributed by atoms with van der Waals surface area (Å²) in [6.07, 6.45) is 0. The Hall–Kier alpha value is -5.97. The lowest BCUT2D eigenvalue weighted by Gasteiger charge is -2.28. The second-order valence-electron chi connectivity index (χ2n) is 11.9. The van der Waals surface area contributed by atoms with Crippen molar-refractivity contribution in [2.24, 2.45) is 0 Å². The first-order valence-electron chi connectivity index (χ1n) is 15.8. The summed E-state index contributed by atoms with van der Waals surface area (Å²) in [6, 6.07) is 55.8. The van der Waals surface area contributed by atoms with Crippen LogP contribution in [-0.4, -0.2) is 4.98 Å². The summed E-state index contributed by atoms with van der Waals surface area (Å²) < 4.78 is 6.37. The summed E-state index contributed by atoms with van der Waals surface area (Å²) in [6.45, 7) is 0. The first-order valence-corrected chi connectivity index (χ1v) is 16.6. The summed E-state index contributed by atoms with van der Waals surface area (Å²) in [5, 5.41) is 5.72. The number of thiazole rings is 1. The van der Waals surface area contributed by atoms with E-state index >= 15 is 0 Å². The van der Waals surface area contributed by atoms with Crippen LogP contribution in [0.2, 0.25) is 0 Å². The van der Waals surface area contributed by atoms with E-state index in [1.54, 1.807) is 11.3 Å². The molecule has 0 amide bonds. The second kappa shape index (κ2) is 10.3. The lowest BCUT2D eigenvalue weighted by molar-refractivity contribution is 0.669. The first kappa shape index (κ1) is 26.3. The van der Waals surface area contributed by atoms with Crippen LogP contribution in [0.5, 0.6) is 0 Å². The van der Waals surface area contributed by atoms with Crippen molar-refractivity contribution in [1.82, 2.24) is 4.98 Å². The molecule has 1 aliphatic carbocycles. The minimum Gasteiger partial charge on any atom is -0.456 e. The molecule has 0 radical (unpaired) electrons. The second-order valence-corrected chi connectivity index (χ2v) is 12.9. The molecule has 2 heterocycles. The van der Waals surface area contributed by atoms with E-state index in [0.717, 1.165) is 55.3 Å². The van der Waals surface area contributed by atoms with Crippen molar-refractivity contribution >= 4 is 61.1 Å². The molecule has 0 saturated carbocycles. The number of hydrogen-bond acceptors (Lipinski definition) is 4. The van der Waals surface area contributed by atoms with Crippen LogP contribution < -0.4 is 4.90 Å². The summed E-state index contributed by atoms with van der Waals surface area (Å²) in [5.41, 5.74) is 12.1. The van der Waals surface area contributed by atoms with E-state index in [1.807, 2.05) is 12.1 Å². The monoisotopic (exact) mass is 618 g/mol. The summed E-state index contributed by atoms with van der Waals surface area (Å²) >= 11 is 1.78. The molecule has 0 saturated heterocycles. The van der Waals surface area contributed by atoms with Crippen LogP contribution in [0.3, 0.4) is 0 Å². The fraction of sp³-hybridized carbons (Fsp3) is 0. The van der Waals surface area contributed by atoms with Crippen LogP contribution in [0.1, 0.15) is 0 Å². The number of para-hydroxylation sites is 1. The Kier molecular flexibility index (Phi) is 5.74. The van der Waals surface area contributed by atoms with Crippen molar-refractivity contribution < 1.29 is 4.42 Å². The highest BCUT2D eigenvalue weighted by atomic mass is 32.1. The van der Waals surface area contributed by atoms with E-state index < -0.39 is 0 Å². The maximum absolute atomic E-state index is 6.37. The largest absolute Gasteiger partial charge is 0.456 e. The molecule has 10 rings (SSSR count). The minimum atomic E-state index is 0.875. The van der Waals surface area contributed by atoms with E-state index in [0.29, 0.717) is 0 Å². The standard InChI is InChI=1S/C43H26N2OS/c1-3-11-27(12-4-1)28-21-23-30(24-22-28)45(36-18-10-20-38-40(36)32-15-7-8-19-37(32)46-38)35-26-25-34-39-31(35)16-9-17-33(39)41-42(34)47-43(44-41)29-13-5-2-6-14-29/h1-26H. The van der Waals surface area contributed by atoms with Crippen LogP contribution in [0.25, 0.3) is 76.1 Å². The van der Waals surface area contributed by atoms with Gasteiger partial charge in [0.05, 0.1) is 27.3 Å². The first-order chi connectivity index (χ1) is 23.3. The van der Waals surface area contributed by atoms with Gasteiger partial charge in [-0.25, -0.2) is 4.98 Å². The molecule has 0 unspecified atom stereocenters. The normalized spacial score (nSPS) is 11.8. The molecule has 9 aromatic rings. The van der Waals surface area contributed by atoms with E-state index in [-0.39, 0.29) is 0 Å². The van der Waals surface area contributed by atoms with Gasteiger partial charge in [-0.15, -0.1) is 11.3 Å². The van der Waals surface area contributed by atoms with Crippen molar-refractivity contribution in [2.75, 3.05) is 4.90 Å². The number of furan rings is 1. The minimum absolute atomic E-state index is 0.875. The van der Waals surface area contributed by atoms with Gasteiger partial charge in [-0.3, -0.25) is 0 Å². The van der Waals surface area contributed by atoms with Gasteiger partial charge in [-0.05, 0) is 47.5 Å². The van der Waals surface area contributed by atoms with Gasteiger partial charge < -0.3 is 9.32 Å². The van der Waals surface area contributed by atoms with Crippen molar-refractivity contribution in [3.05, 3.63) is 158 Å². The number of fused-ring (bicyclic) bond motifs is 6. The molecule has 0 atom stereocenters. The molecule has 1 aliphatic rings. The zero-order chi connectivity index (χ0) is 30.9. The Morgan fingerprint density at radius 1 is 0.468 bits per heavy atom. The fourth-order valence-electron chi connectivity index (χ4n) is 7.15. The third-order valence-electron chi connectivity index (χ3n) is 9.26. The summed E-state index contributed by atoms with van der Waals surface area (Å²) in [7, 11) is 0. The predicted octanol–water partition coefficient (Wildman–Crippen LogP) is 12.6. The molecular formula is C43H26N2OS. The number of benzene rings is 7. The Morgan fingerprint density at radius 3 is 1.98 bits per heavy atom. The average Bonchev–Trinajstić information content (AvgIpc) is 3.83. The Morgan fingerprint density at radius 2 is 1.15 bits per heavy atom. The smallest absolute Gasteiger partial charge is 0.137 e. The van der Waals surface area contributed by atoms with Gasteiger partial charge >= 0.3 is 0 Å². The van der Waals surface area contributed by atoms with Gasteiger partial charge in [-0.2, -0.15) is 0 Å². The quantitative estimate of drug-likeness (QED) is 0.192. The topological polar surface area (TPSA) is 29.3 Å². The molecule has 0 aliphatic heterocycles. The number of anilines is 3. The summed E-state index contributed by atoms with van der Waals surface area (Å²) in [5.74, 6) is 0. The molecule has 0 spiro atoms. The highest BCUT2D eigenvalue weighted by Gasteiger charge is 2.29. The molecule has 2 aromatic heterocycles. The van der Waals surface area contributed by atoms with Gasteiger partial charge in [0.15, 0.2) is 0 Å². The Labute approximate surface area is 275 Å².